The van der Waals surface area contributed by atoms with Crippen LogP contribution in [0.1, 0.15) is 62.7 Å². The average Bonchev–Trinajstić information content (AvgIpc) is 3.02. The summed E-state index contributed by atoms with van der Waals surface area (Å²) in [6, 6.07) is 43.0. The lowest BCUT2D eigenvalue weighted by Gasteiger charge is -2.46. The molecule has 5 heterocycles. The van der Waals surface area contributed by atoms with Gasteiger partial charge in [0.25, 0.3) is 5.69 Å². The van der Waals surface area contributed by atoms with E-state index in [1.165, 1.54) is 43.5 Å². The first-order valence-electron chi connectivity index (χ1n) is 25.5. The van der Waals surface area contributed by atoms with E-state index in [0.717, 1.165) is 21.5 Å². The van der Waals surface area contributed by atoms with Gasteiger partial charge in [0.15, 0.2) is 11.5 Å². The van der Waals surface area contributed by atoms with E-state index in [1.54, 1.807) is 47.0 Å². The van der Waals surface area contributed by atoms with Gasteiger partial charge in [-0.1, -0.05) is 102 Å². The number of imide groups is 1. The molecular weight excluding hydrogens is 1010 g/mol. The average molecular weight is 1060 g/mol. The number of rotatable bonds is 10. The monoisotopic (exact) mass is 1060 g/mol. The number of hydrogen-bond acceptors (Lipinski definition) is 14. The third kappa shape index (κ3) is 8.51. The van der Waals surface area contributed by atoms with Crippen LogP contribution in [0.3, 0.4) is 0 Å². The summed E-state index contributed by atoms with van der Waals surface area (Å²) in [5, 5.41) is 31.0. The zero-order chi connectivity index (χ0) is 54.5. The van der Waals surface area contributed by atoms with E-state index in [1.807, 2.05) is 102 Å². The van der Waals surface area contributed by atoms with Crippen molar-refractivity contribution in [3.05, 3.63) is 218 Å². The third-order valence-electron chi connectivity index (χ3n) is 15.5. The predicted molar refractivity (Wildman–Crippen MR) is 286 cm³/mol. The number of non-ortho nitro benzene ring substituents is 1. The van der Waals surface area contributed by atoms with Crippen LogP contribution in [-0.4, -0.2) is 85.5 Å². The van der Waals surface area contributed by atoms with E-state index in [0.29, 0.717) is 51.3 Å². The summed E-state index contributed by atoms with van der Waals surface area (Å²) in [6.07, 6.45) is -1.70. The first kappa shape index (κ1) is 50.0. The van der Waals surface area contributed by atoms with Crippen LogP contribution in [0, 0.1) is 27.9 Å². The number of carbonyl (C=O) groups excluding carboxylic acids is 4. The minimum atomic E-state index is -2.16. The Morgan fingerprint density at radius 3 is 2.19 bits per heavy atom. The highest BCUT2D eigenvalue weighted by Crippen LogP contribution is 2.66. The number of phenolic OH excluding ortho intramolecular Hbond substituents is 1. The number of ether oxygens (including phenoxy) is 4. The molecule has 0 radical (unpaired) electrons. The number of hydrogen-bond donors (Lipinski definition) is 1. The van der Waals surface area contributed by atoms with Crippen molar-refractivity contribution < 1.29 is 48.2 Å². The van der Waals surface area contributed by atoms with Gasteiger partial charge in [0.2, 0.25) is 11.8 Å². The standard InChI is InChI=1S/C61H49N7O11/c1-76-50-33-42-29-31-64(35-43(42)34-51(50)77-2)57(70)52-54-58(71)79-55(40-15-7-4-8-16-40)53(39-13-5-3-6-14-39)67(54)56(41-22-26-45(69)27-23-41)61(52)46-32-37(12-11-30-65-49-18-10-9-17-47(49)62-63-65)21-28-48(46)66(59(61)72)60(73)78-36-38-19-24-44(25-20-38)68(74)75/h3-10,13-28,32-34,52-56,69H,29-31,35-36H2,1-2H3/t52-,53-,54-,55+,56+,61-/m1/s1. The zero-order valence-corrected chi connectivity index (χ0v) is 42.7. The molecule has 2 saturated heterocycles. The van der Waals surface area contributed by atoms with Gasteiger partial charge in [-0.15, -0.1) is 5.10 Å². The second-order valence-corrected chi connectivity index (χ2v) is 19.7. The summed E-state index contributed by atoms with van der Waals surface area (Å²) < 4.78 is 25.6. The molecule has 4 aliphatic rings. The lowest BCUT2D eigenvalue weighted by atomic mass is 9.64. The molecule has 4 aliphatic heterocycles. The largest absolute Gasteiger partial charge is 0.508 e. The maximum atomic E-state index is 16.9. The van der Waals surface area contributed by atoms with Gasteiger partial charge in [-0.25, -0.2) is 14.4 Å². The van der Waals surface area contributed by atoms with Gasteiger partial charge in [-0.3, -0.25) is 29.4 Å². The van der Waals surface area contributed by atoms with Crippen LogP contribution in [0.15, 0.2) is 164 Å². The van der Waals surface area contributed by atoms with Crippen molar-refractivity contribution in [1.82, 2.24) is 24.8 Å². The molecule has 12 rings (SSSR count). The van der Waals surface area contributed by atoms with Crippen molar-refractivity contribution in [2.75, 3.05) is 25.7 Å². The van der Waals surface area contributed by atoms with Crippen LogP contribution in [0.5, 0.6) is 17.2 Å². The molecule has 79 heavy (non-hydrogen) atoms. The summed E-state index contributed by atoms with van der Waals surface area (Å²) in [5.74, 6) is 3.55. The lowest BCUT2D eigenvalue weighted by Crippen LogP contribution is -2.57. The molecule has 3 amide bonds. The molecule has 7 aromatic carbocycles. The van der Waals surface area contributed by atoms with Crippen LogP contribution in [-0.2, 0) is 55.4 Å². The number of aromatic hydroxyl groups is 1. The SMILES string of the molecule is COc1cc2c(cc1OC)CN(C(=O)[C@H]1[C@@H]3C(=O)O[C@@H](c4ccccc4)[C@@H](c4ccccc4)N3[C@@H](c3ccc(O)cc3)[C@]13C(=O)N(C(=O)OCc1ccc([N+](=O)[O-])cc1)c1ccc(C#CCn4nnc5ccccc54)cc13)CC2. The number of carbonyl (C=O) groups is 4. The van der Waals surface area contributed by atoms with Gasteiger partial charge in [0, 0.05) is 30.8 Å². The van der Waals surface area contributed by atoms with Crippen molar-refractivity contribution in [2.24, 2.45) is 5.92 Å². The fourth-order valence-electron chi connectivity index (χ4n) is 12.0. The van der Waals surface area contributed by atoms with E-state index >= 15 is 19.2 Å². The highest BCUT2D eigenvalue weighted by molar-refractivity contribution is 6.23. The summed E-state index contributed by atoms with van der Waals surface area (Å²) >= 11 is 0. The summed E-state index contributed by atoms with van der Waals surface area (Å²) in [4.78, 5) is 79.8. The van der Waals surface area contributed by atoms with Crippen LogP contribution in [0.2, 0.25) is 0 Å². The van der Waals surface area contributed by atoms with Crippen molar-refractivity contribution >= 4 is 46.3 Å². The molecule has 1 aromatic heterocycles. The summed E-state index contributed by atoms with van der Waals surface area (Å²) in [7, 11) is 3.08. The number of amides is 3. The zero-order valence-electron chi connectivity index (χ0n) is 42.7. The second-order valence-electron chi connectivity index (χ2n) is 19.7. The molecule has 1 spiro atoms. The first-order chi connectivity index (χ1) is 38.5. The molecule has 394 valence electrons. The molecule has 2 fully saturated rings. The summed E-state index contributed by atoms with van der Waals surface area (Å²) in [6.45, 7) is -0.0101. The molecule has 18 heteroatoms. The molecule has 18 nitrogen and oxygen atoms in total. The fraction of sp³-hybridized carbons (Fsp3) is 0.213. The van der Waals surface area contributed by atoms with Gasteiger partial charge in [0.05, 0.1) is 48.3 Å². The smallest absolute Gasteiger partial charge is 0.421 e. The maximum absolute atomic E-state index is 16.9. The minimum Gasteiger partial charge on any atom is -0.508 e. The Bertz CT molecular complexity index is 3790. The molecule has 1 N–H and O–H groups in total. The van der Waals surface area contributed by atoms with Crippen LogP contribution < -0.4 is 14.4 Å². The Hall–Kier alpha value is -9.86. The number of fused-ring (bicyclic) bond motifs is 5. The number of nitrogens with zero attached hydrogens (tertiary/aromatic N) is 7. The number of benzene rings is 7. The van der Waals surface area contributed by atoms with Crippen molar-refractivity contribution in [3.8, 4) is 29.1 Å². The Morgan fingerprint density at radius 1 is 0.797 bits per heavy atom. The Balaban J connectivity index is 1.09. The Kier molecular flexibility index (Phi) is 12.8. The number of para-hydroxylation sites is 1. The van der Waals surface area contributed by atoms with E-state index < -0.39 is 64.4 Å². The Morgan fingerprint density at radius 2 is 1.48 bits per heavy atom. The number of morpholine rings is 1. The normalized spacial score (nSPS) is 21.1. The van der Waals surface area contributed by atoms with Gasteiger partial charge in [-0.05, 0) is 112 Å². The highest BCUT2D eigenvalue weighted by Gasteiger charge is 2.76. The lowest BCUT2D eigenvalue weighted by molar-refractivity contribution is -0.384. The predicted octanol–water partition coefficient (Wildman–Crippen LogP) is 8.70. The number of phenols is 1. The van der Waals surface area contributed by atoms with Crippen LogP contribution >= 0.6 is 0 Å². The van der Waals surface area contributed by atoms with E-state index in [2.05, 4.69) is 22.2 Å². The molecular formula is C61H49N7O11. The van der Waals surface area contributed by atoms with Gasteiger partial charge >= 0.3 is 12.1 Å². The topological polar surface area (TPSA) is 209 Å². The van der Waals surface area contributed by atoms with Gasteiger partial charge in [0.1, 0.15) is 42.0 Å². The molecule has 0 saturated carbocycles. The highest BCUT2D eigenvalue weighted by atomic mass is 16.6. The van der Waals surface area contributed by atoms with E-state index in [9.17, 15) is 15.2 Å². The van der Waals surface area contributed by atoms with Gasteiger partial charge in [-0.2, -0.15) is 0 Å². The molecule has 0 unspecified atom stereocenters. The molecule has 0 aliphatic carbocycles. The van der Waals surface area contributed by atoms with Crippen LogP contribution in [0.25, 0.3) is 11.0 Å². The van der Waals surface area contributed by atoms with Crippen molar-refractivity contribution in [2.45, 2.75) is 55.8 Å². The third-order valence-corrected chi connectivity index (χ3v) is 15.5. The minimum absolute atomic E-state index is 0.0615. The van der Waals surface area contributed by atoms with E-state index in [4.69, 9.17) is 18.9 Å². The van der Waals surface area contributed by atoms with Gasteiger partial charge < -0.3 is 29.0 Å². The second kappa shape index (κ2) is 20.3. The number of esters is 1. The number of anilines is 1. The maximum Gasteiger partial charge on any atom is 0.421 e. The molecule has 0 bridgehead atoms. The van der Waals surface area contributed by atoms with Crippen LogP contribution in [0.4, 0.5) is 16.2 Å². The molecule has 8 aromatic rings. The Labute approximate surface area is 452 Å². The number of cyclic esters (lactones) is 1. The quantitative estimate of drug-likeness (QED) is 0.0588. The molecule has 6 atom stereocenters. The van der Waals surface area contributed by atoms with E-state index in [-0.39, 0.29) is 48.9 Å². The van der Waals surface area contributed by atoms with Crippen molar-refractivity contribution in [3.63, 3.8) is 0 Å². The number of methoxy groups -OCH3 is 2. The first-order valence-corrected chi connectivity index (χ1v) is 25.5. The fourth-order valence-corrected chi connectivity index (χ4v) is 12.0. The number of nitro benzene ring substituents is 1. The number of aromatic nitrogens is 3. The summed E-state index contributed by atoms with van der Waals surface area (Å²) in [5.41, 5.74) is 3.73. The number of nitro groups is 1. The van der Waals surface area contributed by atoms with Crippen molar-refractivity contribution in [1.29, 1.82) is 0 Å².